The highest BCUT2D eigenvalue weighted by Crippen LogP contribution is 2.05. The van der Waals surface area contributed by atoms with Gasteiger partial charge in [-0.1, -0.05) is 0 Å². The maximum atomic E-state index is 10.1. The minimum atomic E-state index is 0.343. The molecule has 0 aromatic carbocycles. The van der Waals surface area contributed by atoms with E-state index in [0.717, 1.165) is 0 Å². The third kappa shape index (κ3) is 1.75. The Bertz CT molecular complexity index is 245. The van der Waals surface area contributed by atoms with E-state index in [0.29, 0.717) is 17.2 Å². The fourth-order valence-electron chi connectivity index (χ4n) is 0.707. The van der Waals surface area contributed by atoms with E-state index in [1.807, 2.05) is 11.6 Å². The zero-order valence-electron chi connectivity index (χ0n) is 6.14. The predicted octanol–water partition coefficient (Wildman–Crippen LogP) is -0.137. The molecule has 1 amide bonds. The fraction of sp³-hybridized carbons (Fsp3) is 0.143. The zero-order valence-corrected chi connectivity index (χ0v) is 6.14. The largest absolute Gasteiger partial charge is 0.281 e. The standard InChI is InChI=1S/C7H9N2O2/c1-8-4-2-7(3-5-8)9(11)6-10/h2-6,11H,1H3/q+1. The molecule has 1 N–H and O–H groups in total. The van der Waals surface area contributed by atoms with Gasteiger partial charge in [0.1, 0.15) is 7.05 Å². The van der Waals surface area contributed by atoms with Crippen molar-refractivity contribution in [2.45, 2.75) is 0 Å². The molecule has 0 fully saturated rings. The first-order chi connectivity index (χ1) is 5.24. The molecule has 0 saturated heterocycles. The van der Waals surface area contributed by atoms with Gasteiger partial charge in [-0.05, 0) is 0 Å². The van der Waals surface area contributed by atoms with E-state index in [1.54, 1.807) is 24.5 Å². The number of rotatable bonds is 2. The Morgan fingerprint density at radius 2 is 2.09 bits per heavy atom. The maximum Gasteiger partial charge on any atom is 0.237 e. The molecule has 58 valence electrons. The van der Waals surface area contributed by atoms with E-state index < -0.39 is 0 Å². The van der Waals surface area contributed by atoms with Gasteiger partial charge in [0.05, 0.1) is 5.69 Å². The molecule has 1 heterocycles. The smallest absolute Gasteiger partial charge is 0.237 e. The van der Waals surface area contributed by atoms with Crippen LogP contribution in [0.4, 0.5) is 5.69 Å². The van der Waals surface area contributed by atoms with Gasteiger partial charge in [-0.2, -0.15) is 5.06 Å². The summed E-state index contributed by atoms with van der Waals surface area (Å²) in [6, 6.07) is 3.27. The monoisotopic (exact) mass is 153 g/mol. The van der Waals surface area contributed by atoms with Crippen LogP contribution in [0.15, 0.2) is 24.5 Å². The number of carbonyl (C=O) groups excluding carboxylic acids is 1. The Morgan fingerprint density at radius 1 is 1.55 bits per heavy atom. The Labute approximate surface area is 64.3 Å². The van der Waals surface area contributed by atoms with Crippen LogP contribution >= 0.6 is 0 Å². The lowest BCUT2D eigenvalue weighted by molar-refractivity contribution is -0.671. The summed E-state index contributed by atoms with van der Waals surface area (Å²) < 4.78 is 1.81. The minimum Gasteiger partial charge on any atom is -0.281 e. The SMILES string of the molecule is C[n+]1ccc(N(O)C=O)cc1. The lowest BCUT2D eigenvalue weighted by Crippen LogP contribution is -2.27. The first kappa shape index (κ1) is 7.68. The number of hydrogen-bond donors (Lipinski definition) is 1. The van der Waals surface area contributed by atoms with E-state index in [-0.39, 0.29) is 0 Å². The molecule has 0 spiro atoms. The number of hydrogen-bond acceptors (Lipinski definition) is 2. The van der Waals surface area contributed by atoms with Crippen molar-refractivity contribution in [3.63, 3.8) is 0 Å². The molecule has 1 aromatic heterocycles. The lowest BCUT2D eigenvalue weighted by Gasteiger charge is -2.05. The van der Waals surface area contributed by atoms with Gasteiger partial charge >= 0.3 is 0 Å². The summed E-state index contributed by atoms with van der Waals surface area (Å²) in [5, 5.41) is 9.40. The molecule has 4 nitrogen and oxygen atoms in total. The normalized spacial score (nSPS) is 9.27. The predicted molar refractivity (Wildman–Crippen MR) is 37.9 cm³/mol. The van der Waals surface area contributed by atoms with Gasteiger partial charge in [0.2, 0.25) is 6.41 Å². The molecule has 0 radical (unpaired) electrons. The Morgan fingerprint density at radius 3 is 2.55 bits per heavy atom. The van der Waals surface area contributed by atoms with Gasteiger partial charge < -0.3 is 0 Å². The highest BCUT2D eigenvalue weighted by molar-refractivity contribution is 5.70. The van der Waals surface area contributed by atoms with Crippen molar-refractivity contribution in [2.75, 3.05) is 5.06 Å². The Hall–Kier alpha value is -1.42. The quantitative estimate of drug-likeness (QED) is 0.278. The number of anilines is 1. The first-order valence-corrected chi connectivity index (χ1v) is 3.13. The maximum absolute atomic E-state index is 10.1. The molecule has 0 aliphatic carbocycles. The van der Waals surface area contributed by atoms with E-state index in [2.05, 4.69) is 0 Å². The topological polar surface area (TPSA) is 44.4 Å². The molecule has 0 atom stereocenters. The van der Waals surface area contributed by atoms with Crippen molar-refractivity contribution in [3.8, 4) is 0 Å². The number of hydroxylamine groups is 1. The molecule has 1 aromatic rings. The van der Waals surface area contributed by atoms with Crippen LogP contribution in [0.3, 0.4) is 0 Å². The molecular formula is C7H9N2O2+. The molecule has 4 heteroatoms. The van der Waals surface area contributed by atoms with Crippen LogP contribution in [-0.4, -0.2) is 11.6 Å². The number of carbonyl (C=O) groups is 1. The molecule has 0 bridgehead atoms. The van der Waals surface area contributed by atoms with Crippen LogP contribution < -0.4 is 9.63 Å². The fourth-order valence-corrected chi connectivity index (χ4v) is 0.707. The molecule has 0 unspecified atom stereocenters. The Balaban J connectivity index is 2.89. The van der Waals surface area contributed by atoms with Crippen molar-refractivity contribution < 1.29 is 14.6 Å². The van der Waals surface area contributed by atoms with Gasteiger partial charge in [-0.15, -0.1) is 0 Å². The van der Waals surface area contributed by atoms with Crippen LogP contribution in [0.1, 0.15) is 0 Å². The second-order valence-corrected chi connectivity index (χ2v) is 2.17. The summed E-state index contributed by atoms with van der Waals surface area (Å²) in [6.45, 7) is 0. The van der Waals surface area contributed by atoms with E-state index in [9.17, 15) is 4.79 Å². The highest BCUT2D eigenvalue weighted by atomic mass is 16.5. The summed E-state index contributed by atoms with van der Waals surface area (Å²) in [5.74, 6) is 0. The van der Waals surface area contributed by atoms with Crippen molar-refractivity contribution in [1.29, 1.82) is 0 Å². The molecule has 0 aliphatic rings. The molecule has 11 heavy (non-hydrogen) atoms. The second-order valence-electron chi connectivity index (χ2n) is 2.17. The number of pyridine rings is 1. The minimum absolute atomic E-state index is 0.343. The highest BCUT2D eigenvalue weighted by Gasteiger charge is 2.00. The first-order valence-electron chi connectivity index (χ1n) is 3.13. The lowest BCUT2D eigenvalue weighted by atomic mass is 10.4. The van der Waals surface area contributed by atoms with Gasteiger partial charge in [0.25, 0.3) is 0 Å². The Kier molecular flexibility index (Phi) is 2.18. The summed E-state index contributed by atoms with van der Waals surface area (Å²) in [5.41, 5.74) is 0.457. The summed E-state index contributed by atoms with van der Waals surface area (Å²) in [7, 11) is 1.85. The van der Waals surface area contributed by atoms with E-state index >= 15 is 0 Å². The van der Waals surface area contributed by atoms with Crippen LogP contribution in [0.5, 0.6) is 0 Å². The number of amides is 1. The van der Waals surface area contributed by atoms with Gasteiger partial charge in [0, 0.05) is 12.1 Å². The van der Waals surface area contributed by atoms with Gasteiger partial charge in [0.15, 0.2) is 12.4 Å². The van der Waals surface area contributed by atoms with E-state index in [4.69, 9.17) is 5.21 Å². The molecule has 0 aliphatic heterocycles. The van der Waals surface area contributed by atoms with E-state index in [1.165, 1.54) is 0 Å². The van der Waals surface area contributed by atoms with Crippen LogP contribution in [-0.2, 0) is 11.8 Å². The summed E-state index contributed by atoms with van der Waals surface area (Å²) in [6.07, 6.45) is 3.82. The van der Waals surface area contributed by atoms with Crippen molar-refractivity contribution in [3.05, 3.63) is 24.5 Å². The second kappa shape index (κ2) is 3.12. The molecular weight excluding hydrogens is 144 g/mol. The van der Waals surface area contributed by atoms with Crippen molar-refractivity contribution >= 4 is 12.1 Å². The summed E-state index contributed by atoms with van der Waals surface area (Å²) in [4.78, 5) is 10.1. The third-order valence-corrected chi connectivity index (χ3v) is 1.33. The number of aryl methyl sites for hydroxylation is 1. The third-order valence-electron chi connectivity index (χ3n) is 1.33. The number of nitrogens with zero attached hydrogens (tertiary/aromatic N) is 2. The average Bonchev–Trinajstić information content (AvgIpc) is 2.05. The van der Waals surface area contributed by atoms with Gasteiger partial charge in [-0.3, -0.25) is 10.0 Å². The van der Waals surface area contributed by atoms with Crippen LogP contribution in [0, 0.1) is 0 Å². The number of aromatic nitrogens is 1. The molecule has 0 saturated carbocycles. The van der Waals surface area contributed by atoms with Gasteiger partial charge in [-0.25, -0.2) is 4.57 Å². The average molecular weight is 153 g/mol. The molecule has 1 rings (SSSR count). The van der Waals surface area contributed by atoms with Crippen molar-refractivity contribution in [2.24, 2.45) is 7.05 Å². The summed E-state index contributed by atoms with van der Waals surface area (Å²) >= 11 is 0. The van der Waals surface area contributed by atoms with Crippen LogP contribution in [0.25, 0.3) is 0 Å². The van der Waals surface area contributed by atoms with Crippen molar-refractivity contribution in [1.82, 2.24) is 0 Å². The zero-order chi connectivity index (χ0) is 8.27. The van der Waals surface area contributed by atoms with Crippen LogP contribution in [0.2, 0.25) is 0 Å².